The van der Waals surface area contributed by atoms with E-state index in [9.17, 15) is 4.79 Å². The highest BCUT2D eigenvalue weighted by atomic mass is 16.4. The van der Waals surface area contributed by atoms with Gasteiger partial charge in [-0.3, -0.25) is 4.79 Å². The van der Waals surface area contributed by atoms with Crippen LogP contribution in [0.5, 0.6) is 0 Å². The van der Waals surface area contributed by atoms with Crippen molar-refractivity contribution in [1.29, 1.82) is 0 Å². The van der Waals surface area contributed by atoms with Gasteiger partial charge < -0.3 is 4.42 Å². The van der Waals surface area contributed by atoms with Crippen molar-refractivity contribution >= 4 is 6.29 Å². The van der Waals surface area contributed by atoms with Gasteiger partial charge in [0.05, 0.1) is 5.69 Å². The van der Waals surface area contributed by atoms with Crippen molar-refractivity contribution in [2.24, 2.45) is 0 Å². The molecule has 0 N–H and O–H groups in total. The van der Waals surface area contributed by atoms with Crippen molar-refractivity contribution in [3.05, 3.63) is 17.3 Å². The van der Waals surface area contributed by atoms with E-state index >= 15 is 0 Å². The zero-order valence-corrected chi connectivity index (χ0v) is 7.75. The van der Waals surface area contributed by atoms with E-state index in [4.69, 9.17) is 4.42 Å². The Labute approximate surface area is 77.2 Å². The second kappa shape index (κ2) is 3.32. The first-order valence-corrected chi connectivity index (χ1v) is 4.74. The van der Waals surface area contributed by atoms with Gasteiger partial charge in [-0.1, -0.05) is 12.8 Å². The van der Waals surface area contributed by atoms with E-state index < -0.39 is 0 Å². The molecule has 0 radical (unpaired) electrons. The van der Waals surface area contributed by atoms with Crippen LogP contribution in [0.2, 0.25) is 0 Å². The molecule has 70 valence electrons. The fourth-order valence-corrected chi connectivity index (χ4v) is 2.04. The maximum absolute atomic E-state index is 10.7. The van der Waals surface area contributed by atoms with Crippen molar-refractivity contribution in [1.82, 2.24) is 4.98 Å². The van der Waals surface area contributed by atoms with E-state index in [1.54, 1.807) is 6.92 Å². The van der Waals surface area contributed by atoms with Gasteiger partial charge in [0.15, 0.2) is 17.9 Å². The molecule has 1 aromatic rings. The lowest BCUT2D eigenvalue weighted by Crippen LogP contribution is -1.96. The topological polar surface area (TPSA) is 43.1 Å². The van der Waals surface area contributed by atoms with Crippen LogP contribution in [0.1, 0.15) is 53.7 Å². The summed E-state index contributed by atoms with van der Waals surface area (Å²) in [6.07, 6.45) is 5.55. The first-order chi connectivity index (χ1) is 6.31. The van der Waals surface area contributed by atoms with Crippen LogP contribution in [0.15, 0.2) is 4.42 Å². The summed E-state index contributed by atoms with van der Waals surface area (Å²) in [5.74, 6) is 1.49. The van der Waals surface area contributed by atoms with E-state index in [1.165, 1.54) is 12.8 Å². The van der Waals surface area contributed by atoms with Crippen molar-refractivity contribution < 1.29 is 9.21 Å². The Kier molecular flexibility index (Phi) is 2.17. The largest absolute Gasteiger partial charge is 0.438 e. The molecule has 0 unspecified atom stereocenters. The lowest BCUT2D eigenvalue weighted by molar-refractivity contribution is 0.109. The predicted molar refractivity (Wildman–Crippen MR) is 47.8 cm³/mol. The summed E-state index contributed by atoms with van der Waals surface area (Å²) in [7, 11) is 0. The minimum Gasteiger partial charge on any atom is -0.438 e. The molecule has 0 aliphatic heterocycles. The minimum atomic E-state index is 0.435. The Balaban J connectivity index is 2.31. The lowest BCUT2D eigenvalue weighted by Gasteiger charge is -2.03. The summed E-state index contributed by atoms with van der Waals surface area (Å²) in [6, 6.07) is 0. The second-order valence-corrected chi connectivity index (χ2v) is 3.58. The number of carbonyl (C=O) groups excluding carboxylic acids is 1. The average molecular weight is 179 g/mol. The molecule has 2 rings (SSSR count). The molecule has 1 saturated carbocycles. The van der Waals surface area contributed by atoms with Gasteiger partial charge in [-0.2, -0.15) is 0 Å². The highest BCUT2D eigenvalue weighted by Gasteiger charge is 2.23. The molecule has 3 heteroatoms. The number of rotatable bonds is 2. The molecule has 0 bridgehead atoms. The van der Waals surface area contributed by atoms with E-state index in [0.29, 0.717) is 17.6 Å². The summed E-state index contributed by atoms with van der Waals surface area (Å²) in [5, 5.41) is 0. The molecule has 1 aliphatic rings. The van der Waals surface area contributed by atoms with E-state index in [2.05, 4.69) is 4.98 Å². The van der Waals surface area contributed by atoms with Gasteiger partial charge in [-0.15, -0.1) is 0 Å². The Morgan fingerprint density at radius 1 is 1.46 bits per heavy atom. The SMILES string of the molecule is Cc1nc(C2CCCC2)c(C=O)o1. The quantitative estimate of drug-likeness (QED) is 0.655. The molecule has 0 saturated heterocycles. The third kappa shape index (κ3) is 1.50. The maximum atomic E-state index is 10.7. The standard InChI is InChI=1S/C10H13NO2/c1-7-11-10(9(6-12)13-7)8-4-2-3-5-8/h6,8H,2-5H2,1H3. The van der Waals surface area contributed by atoms with Gasteiger partial charge in [0.25, 0.3) is 0 Å². The number of aldehydes is 1. The number of carbonyl (C=O) groups is 1. The molecule has 1 aliphatic carbocycles. The van der Waals surface area contributed by atoms with Crippen LogP contribution in [-0.2, 0) is 0 Å². The predicted octanol–water partition coefficient (Wildman–Crippen LogP) is 2.45. The van der Waals surface area contributed by atoms with Gasteiger partial charge in [0.1, 0.15) is 0 Å². The fraction of sp³-hybridized carbons (Fsp3) is 0.600. The number of aryl methyl sites for hydroxylation is 1. The zero-order chi connectivity index (χ0) is 9.26. The minimum absolute atomic E-state index is 0.435. The third-order valence-corrected chi connectivity index (χ3v) is 2.64. The number of oxazole rings is 1. The Morgan fingerprint density at radius 3 is 2.77 bits per heavy atom. The maximum Gasteiger partial charge on any atom is 0.192 e. The summed E-state index contributed by atoms with van der Waals surface area (Å²) < 4.78 is 5.20. The molecule has 1 fully saturated rings. The molecular weight excluding hydrogens is 166 g/mol. The Bertz CT molecular complexity index is 311. The number of aromatic nitrogens is 1. The number of hydrogen-bond donors (Lipinski definition) is 0. The summed E-state index contributed by atoms with van der Waals surface area (Å²) >= 11 is 0. The van der Waals surface area contributed by atoms with E-state index in [-0.39, 0.29) is 0 Å². The number of hydrogen-bond acceptors (Lipinski definition) is 3. The van der Waals surface area contributed by atoms with Crippen LogP contribution in [0.4, 0.5) is 0 Å². The van der Waals surface area contributed by atoms with Gasteiger partial charge in [0.2, 0.25) is 0 Å². The average Bonchev–Trinajstić information content (AvgIpc) is 2.71. The van der Waals surface area contributed by atoms with Crippen LogP contribution in [0.25, 0.3) is 0 Å². The summed E-state index contributed by atoms with van der Waals surface area (Å²) in [5.41, 5.74) is 0.880. The fourth-order valence-electron chi connectivity index (χ4n) is 2.04. The van der Waals surface area contributed by atoms with Crippen LogP contribution in [0, 0.1) is 6.92 Å². The first kappa shape index (κ1) is 8.48. The molecule has 1 aromatic heterocycles. The molecule has 13 heavy (non-hydrogen) atoms. The van der Waals surface area contributed by atoms with Crippen molar-refractivity contribution in [3.8, 4) is 0 Å². The second-order valence-electron chi connectivity index (χ2n) is 3.58. The number of nitrogens with zero attached hydrogens (tertiary/aromatic N) is 1. The van der Waals surface area contributed by atoms with Gasteiger partial charge in [-0.05, 0) is 12.8 Å². The monoisotopic (exact) mass is 179 g/mol. The molecule has 3 nitrogen and oxygen atoms in total. The van der Waals surface area contributed by atoms with Crippen molar-refractivity contribution in [3.63, 3.8) is 0 Å². The van der Waals surface area contributed by atoms with Crippen molar-refractivity contribution in [2.75, 3.05) is 0 Å². The van der Waals surface area contributed by atoms with Crippen molar-refractivity contribution in [2.45, 2.75) is 38.5 Å². The first-order valence-electron chi connectivity index (χ1n) is 4.74. The van der Waals surface area contributed by atoms with Gasteiger partial charge in [-0.25, -0.2) is 4.98 Å². The Morgan fingerprint density at radius 2 is 2.15 bits per heavy atom. The van der Waals surface area contributed by atoms with Crippen LogP contribution in [0.3, 0.4) is 0 Å². The zero-order valence-electron chi connectivity index (χ0n) is 7.75. The highest BCUT2D eigenvalue weighted by molar-refractivity contribution is 5.72. The highest BCUT2D eigenvalue weighted by Crippen LogP contribution is 2.34. The molecule has 0 aromatic carbocycles. The molecule has 0 atom stereocenters. The molecule has 0 spiro atoms. The van der Waals surface area contributed by atoms with Crippen LogP contribution >= 0.6 is 0 Å². The molecule has 0 amide bonds. The van der Waals surface area contributed by atoms with Gasteiger partial charge in [0, 0.05) is 12.8 Å². The third-order valence-electron chi connectivity index (χ3n) is 2.64. The van der Waals surface area contributed by atoms with E-state index in [0.717, 1.165) is 24.8 Å². The van der Waals surface area contributed by atoms with Gasteiger partial charge >= 0.3 is 0 Å². The van der Waals surface area contributed by atoms with Crippen LogP contribution < -0.4 is 0 Å². The van der Waals surface area contributed by atoms with Crippen LogP contribution in [-0.4, -0.2) is 11.3 Å². The summed E-state index contributed by atoms with van der Waals surface area (Å²) in [6.45, 7) is 1.78. The lowest BCUT2D eigenvalue weighted by atomic mass is 10.0. The smallest absolute Gasteiger partial charge is 0.192 e. The normalized spacial score (nSPS) is 17.9. The molecule has 1 heterocycles. The summed E-state index contributed by atoms with van der Waals surface area (Å²) in [4.78, 5) is 14.9. The Hall–Kier alpha value is -1.12. The molecular formula is C10H13NO2. The van der Waals surface area contributed by atoms with E-state index in [1.807, 2.05) is 0 Å².